The summed E-state index contributed by atoms with van der Waals surface area (Å²) in [5, 5.41) is 21.5. The first-order chi connectivity index (χ1) is 11.0. The van der Waals surface area contributed by atoms with E-state index < -0.39 is 11.4 Å². The van der Waals surface area contributed by atoms with E-state index in [1.807, 2.05) is 30.3 Å². The molecular formula is C18H25NO4. The highest BCUT2D eigenvalue weighted by atomic mass is 16.4. The molecule has 1 saturated carbocycles. The van der Waals surface area contributed by atoms with Gasteiger partial charge in [-0.25, -0.2) is 0 Å². The van der Waals surface area contributed by atoms with Crippen LogP contribution in [-0.2, 0) is 16.0 Å². The van der Waals surface area contributed by atoms with Crippen LogP contribution in [0.5, 0.6) is 0 Å². The Morgan fingerprint density at radius 3 is 2.35 bits per heavy atom. The van der Waals surface area contributed by atoms with E-state index in [0.717, 1.165) is 31.2 Å². The smallest absolute Gasteiger partial charge is 0.303 e. The highest BCUT2D eigenvalue weighted by Gasteiger charge is 2.38. The standard InChI is InChI=1S/C18H25NO4/c20-13-15(10-14-6-2-1-3-7-14)19-16(21)11-18(12-17(22)23)8-4-5-9-18/h1-3,6-7,15,20H,4-5,8-13H2,(H,19,21)(H,22,23)/t15-/m1/s1. The molecule has 3 N–H and O–H groups in total. The number of carboxylic acid groups (broad SMARTS) is 1. The maximum absolute atomic E-state index is 12.3. The number of aliphatic hydroxyl groups excluding tert-OH is 1. The van der Waals surface area contributed by atoms with Crippen molar-refractivity contribution in [1.29, 1.82) is 0 Å². The predicted octanol–water partition coefficient (Wildman–Crippen LogP) is 2.13. The Hall–Kier alpha value is -1.88. The van der Waals surface area contributed by atoms with Crippen LogP contribution >= 0.6 is 0 Å². The molecule has 5 heteroatoms. The molecule has 1 atom stereocenters. The third kappa shape index (κ3) is 5.36. The number of hydrogen-bond donors (Lipinski definition) is 3. The van der Waals surface area contributed by atoms with E-state index >= 15 is 0 Å². The lowest BCUT2D eigenvalue weighted by Gasteiger charge is -2.27. The van der Waals surface area contributed by atoms with Gasteiger partial charge in [-0.3, -0.25) is 9.59 Å². The summed E-state index contributed by atoms with van der Waals surface area (Å²) in [5.74, 6) is -1.01. The summed E-state index contributed by atoms with van der Waals surface area (Å²) < 4.78 is 0. The molecule has 0 spiro atoms. The number of rotatable bonds is 8. The van der Waals surface area contributed by atoms with Crippen molar-refractivity contribution in [3.63, 3.8) is 0 Å². The number of carbonyl (C=O) groups excluding carboxylic acids is 1. The zero-order valence-electron chi connectivity index (χ0n) is 13.3. The van der Waals surface area contributed by atoms with Gasteiger partial charge in [-0.15, -0.1) is 0 Å². The Kier molecular flexibility index (Phi) is 6.16. The van der Waals surface area contributed by atoms with Gasteiger partial charge < -0.3 is 15.5 Å². The SMILES string of the molecule is O=C(O)CC1(CC(=O)N[C@@H](CO)Cc2ccccc2)CCCC1. The van der Waals surface area contributed by atoms with Crippen LogP contribution in [0.3, 0.4) is 0 Å². The van der Waals surface area contributed by atoms with Gasteiger partial charge in [0.25, 0.3) is 0 Å². The second kappa shape index (κ2) is 8.11. The minimum atomic E-state index is -0.845. The molecule has 1 aromatic rings. The Labute approximate surface area is 136 Å². The fourth-order valence-electron chi connectivity index (χ4n) is 3.54. The molecular weight excluding hydrogens is 294 g/mol. The highest BCUT2D eigenvalue weighted by molar-refractivity contribution is 5.78. The van der Waals surface area contributed by atoms with Crippen LogP contribution in [0.1, 0.15) is 44.1 Å². The van der Waals surface area contributed by atoms with E-state index in [2.05, 4.69) is 5.32 Å². The first kappa shape index (κ1) is 17.5. The number of nitrogens with one attached hydrogen (secondary N) is 1. The molecule has 23 heavy (non-hydrogen) atoms. The second-order valence-electron chi connectivity index (χ2n) is 6.59. The van der Waals surface area contributed by atoms with E-state index in [-0.39, 0.29) is 31.4 Å². The summed E-state index contributed by atoms with van der Waals surface area (Å²) in [7, 11) is 0. The number of aliphatic carboxylic acids is 1. The Morgan fingerprint density at radius 2 is 1.78 bits per heavy atom. The quantitative estimate of drug-likeness (QED) is 0.685. The fourth-order valence-corrected chi connectivity index (χ4v) is 3.54. The van der Waals surface area contributed by atoms with E-state index in [0.29, 0.717) is 6.42 Å². The van der Waals surface area contributed by atoms with Crippen molar-refractivity contribution >= 4 is 11.9 Å². The van der Waals surface area contributed by atoms with Crippen molar-refractivity contribution in [2.75, 3.05) is 6.61 Å². The van der Waals surface area contributed by atoms with Crippen LogP contribution in [0.4, 0.5) is 0 Å². The van der Waals surface area contributed by atoms with Gasteiger partial charge in [-0.2, -0.15) is 0 Å². The van der Waals surface area contributed by atoms with E-state index in [1.165, 1.54) is 0 Å². The number of carbonyl (C=O) groups is 2. The summed E-state index contributed by atoms with van der Waals surface area (Å²) in [4.78, 5) is 23.4. The van der Waals surface area contributed by atoms with Gasteiger partial charge in [0, 0.05) is 6.42 Å². The predicted molar refractivity (Wildman–Crippen MR) is 86.9 cm³/mol. The lowest BCUT2D eigenvalue weighted by atomic mass is 9.79. The molecule has 0 aromatic heterocycles. The van der Waals surface area contributed by atoms with Gasteiger partial charge in [-0.1, -0.05) is 43.2 Å². The Balaban J connectivity index is 1.92. The van der Waals surface area contributed by atoms with Crippen molar-refractivity contribution in [1.82, 2.24) is 5.32 Å². The molecule has 126 valence electrons. The molecule has 0 saturated heterocycles. The van der Waals surface area contributed by atoms with E-state index in [4.69, 9.17) is 5.11 Å². The maximum atomic E-state index is 12.3. The topological polar surface area (TPSA) is 86.6 Å². The number of hydrogen-bond acceptors (Lipinski definition) is 3. The van der Waals surface area contributed by atoms with Crippen LogP contribution in [0.15, 0.2) is 30.3 Å². The van der Waals surface area contributed by atoms with Gasteiger partial charge in [0.2, 0.25) is 5.91 Å². The Bertz CT molecular complexity index is 523. The molecule has 1 amide bonds. The summed E-state index contributed by atoms with van der Waals surface area (Å²) in [6.45, 7) is -0.132. The first-order valence-electron chi connectivity index (χ1n) is 8.19. The van der Waals surface area contributed by atoms with Crippen molar-refractivity contribution in [2.45, 2.75) is 51.0 Å². The largest absolute Gasteiger partial charge is 0.481 e. The molecule has 1 aliphatic carbocycles. The van der Waals surface area contributed by atoms with E-state index in [1.54, 1.807) is 0 Å². The van der Waals surface area contributed by atoms with Crippen LogP contribution in [0.2, 0.25) is 0 Å². The van der Waals surface area contributed by atoms with Gasteiger partial charge in [-0.05, 0) is 30.2 Å². The minimum absolute atomic E-state index is 0.0445. The van der Waals surface area contributed by atoms with E-state index in [9.17, 15) is 14.7 Å². The van der Waals surface area contributed by atoms with Gasteiger partial charge >= 0.3 is 5.97 Å². The van der Waals surface area contributed by atoms with Crippen molar-refractivity contribution in [2.24, 2.45) is 5.41 Å². The lowest BCUT2D eigenvalue weighted by molar-refractivity contribution is -0.140. The molecule has 2 rings (SSSR count). The molecule has 1 aromatic carbocycles. The lowest BCUT2D eigenvalue weighted by Crippen LogP contribution is -2.41. The fraction of sp³-hybridized carbons (Fsp3) is 0.556. The molecule has 0 heterocycles. The Morgan fingerprint density at radius 1 is 1.13 bits per heavy atom. The normalized spacial score (nSPS) is 17.6. The summed E-state index contributed by atoms with van der Waals surface area (Å²) in [6.07, 6.45) is 4.37. The summed E-state index contributed by atoms with van der Waals surface area (Å²) >= 11 is 0. The third-order valence-corrected chi connectivity index (χ3v) is 4.64. The number of benzene rings is 1. The summed E-state index contributed by atoms with van der Waals surface area (Å²) in [6, 6.07) is 9.34. The molecule has 0 radical (unpaired) electrons. The third-order valence-electron chi connectivity index (χ3n) is 4.64. The van der Waals surface area contributed by atoms with Gasteiger partial charge in [0.15, 0.2) is 0 Å². The van der Waals surface area contributed by atoms with Gasteiger partial charge in [0.1, 0.15) is 0 Å². The maximum Gasteiger partial charge on any atom is 0.303 e. The van der Waals surface area contributed by atoms with Crippen LogP contribution < -0.4 is 5.32 Å². The zero-order valence-corrected chi connectivity index (χ0v) is 13.3. The number of aliphatic hydroxyl groups is 1. The molecule has 1 fully saturated rings. The monoisotopic (exact) mass is 319 g/mol. The van der Waals surface area contributed by atoms with Crippen molar-refractivity contribution < 1.29 is 19.8 Å². The summed E-state index contributed by atoms with van der Waals surface area (Å²) in [5.41, 5.74) is 0.635. The molecule has 0 bridgehead atoms. The highest BCUT2D eigenvalue weighted by Crippen LogP contribution is 2.44. The number of carboxylic acids is 1. The van der Waals surface area contributed by atoms with Crippen LogP contribution in [0.25, 0.3) is 0 Å². The zero-order chi connectivity index (χ0) is 16.7. The molecule has 0 unspecified atom stereocenters. The molecule has 0 aliphatic heterocycles. The minimum Gasteiger partial charge on any atom is -0.481 e. The van der Waals surface area contributed by atoms with Crippen LogP contribution in [-0.4, -0.2) is 34.7 Å². The average molecular weight is 319 g/mol. The molecule has 1 aliphatic rings. The van der Waals surface area contributed by atoms with Gasteiger partial charge in [0.05, 0.1) is 19.1 Å². The van der Waals surface area contributed by atoms with Crippen LogP contribution in [0, 0.1) is 5.41 Å². The first-order valence-corrected chi connectivity index (χ1v) is 8.19. The van der Waals surface area contributed by atoms with Crippen molar-refractivity contribution in [3.05, 3.63) is 35.9 Å². The second-order valence-corrected chi connectivity index (χ2v) is 6.59. The van der Waals surface area contributed by atoms with Crippen molar-refractivity contribution in [3.8, 4) is 0 Å². The molecule has 5 nitrogen and oxygen atoms in total. The average Bonchev–Trinajstić information content (AvgIpc) is 2.94. The number of amides is 1.